The predicted molar refractivity (Wildman–Crippen MR) is 72.0 cm³/mol. The van der Waals surface area contributed by atoms with Crippen LogP contribution in [0.4, 0.5) is 0 Å². The highest BCUT2D eigenvalue weighted by Gasteiger charge is 2.22. The Hall–Kier alpha value is -2.46. The van der Waals surface area contributed by atoms with Crippen LogP contribution in [0.25, 0.3) is 0 Å². The van der Waals surface area contributed by atoms with Gasteiger partial charge in [-0.3, -0.25) is 0 Å². The maximum absolute atomic E-state index is 12.2. The minimum atomic E-state index is -3.85. The molecule has 2 aromatic rings. The van der Waals surface area contributed by atoms with Gasteiger partial charge in [0.15, 0.2) is 5.03 Å². The van der Waals surface area contributed by atoms with Crippen molar-refractivity contribution in [2.24, 2.45) is 0 Å². The molecule has 9 nitrogen and oxygen atoms in total. The minimum Gasteiger partial charge on any atom is -0.473 e. The van der Waals surface area contributed by atoms with Crippen molar-refractivity contribution >= 4 is 33.4 Å². The molecule has 0 spiro atoms. The Morgan fingerprint density at radius 3 is 2.73 bits per heavy atom. The number of aromatic amines is 1. The van der Waals surface area contributed by atoms with Crippen molar-refractivity contribution in [3.05, 3.63) is 35.2 Å². The molecule has 0 aliphatic heterocycles. The molecule has 0 aromatic carbocycles. The third-order valence-electron chi connectivity index (χ3n) is 2.33. The smallest absolute Gasteiger partial charge is 0.425 e. The van der Waals surface area contributed by atoms with Crippen LogP contribution in [0.2, 0.25) is 5.02 Å². The molecule has 0 unspecified atom stereocenters. The number of carboxylic acids is 1. The van der Waals surface area contributed by atoms with Crippen LogP contribution in [-0.4, -0.2) is 40.4 Å². The molecule has 0 radical (unpaired) electrons. The number of carbonyl (C=O) groups excluding carboxylic acids is 1. The zero-order valence-electron chi connectivity index (χ0n) is 10.7. The fourth-order valence-electron chi connectivity index (χ4n) is 1.47. The summed E-state index contributed by atoms with van der Waals surface area (Å²) in [7, 11) is -3.85. The molecule has 0 fully saturated rings. The lowest BCUT2D eigenvalue weighted by atomic mass is 10.5. The van der Waals surface area contributed by atoms with E-state index in [1.54, 1.807) is 0 Å². The lowest BCUT2D eigenvalue weighted by Crippen LogP contribution is -2.19. The van der Waals surface area contributed by atoms with Gasteiger partial charge in [0.2, 0.25) is 9.84 Å². The summed E-state index contributed by atoms with van der Waals surface area (Å²) in [6.07, 6.45) is 2.38. The van der Waals surface area contributed by atoms with Crippen LogP contribution in [0.3, 0.4) is 0 Å². The van der Waals surface area contributed by atoms with Crippen molar-refractivity contribution in [2.45, 2.75) is 10.8 Å². The van der Waals surface area contributed by atoms with E-state index in [0.717, 1.165) is 6.20 Å². The lowest BCUT2D eigenvalue weighted by Gasteiger charge is -2.03. The fourth-order valence-corrected chi connectivity index (χ4v) is 3.22. The molecule has 2 N–H and O–H groups in total. The number of hydrogen-bond donors (Lipinski definition) is 2. The molecule has 0 saturated heterocycles. The second-order valence-corrected chi connectivity index (χ2v) is 6.27. The highest BCUT2D eigenvalue weighted by atomic mass is 35.5. The molecule has 0 atom stereocenters. The van der Waals surface area contributed by atoms with E-state index in [1.807, 2.05) is 0 Å². The molecular formula is C11H8ClN3O6S. The summed E-state index contributed by atoms with van der Waals surface area (Å²) in [6, 6.07) is 2.44. The number of esters is 1. The van der Waals surface area contributed by atoms with Gasteiger partial charge in [0.05, 0.1) is 22.7 Å². The standard InChI is InChI=1S/C11H8ClN3O6S/c12-7-2-1-3-13-8(7)22(19,20)5-6-4-14-11(15-6)21-10(18)9(16)17/h1-4H,5H2,(H,14,15)(H,16,17). The van der Waals surface area contributed by atoms with Crippen molar-refractivity contribution in [1.29, 1.82) is 0 Å². The summed E-state index contributed by atoms with van der Waals surface area (Å²) in [6.45, 7) is 0. The third-order valence-corrected chi connectivity index (χ3v) is 4.36. The zero-order valence-corrected chi connectivity index (χ0v) is 12.3. The number of pyridine rings is 1. The first kappa shape index (κ1) is 15.9. The Balaban J connectivity index is 2.18. The number of sulfone groups is 1. The Morgan fingerprint density at radius 2 is 2.09 bits per heavy atom. The number of aliphatic carboxylic acids is 1. The van der Waals surface area contributed by atoms with Crippen molar-refractivity contribution in [3.63, 3.8) is 0 Å². The van der Waals surface area contributed by atoms with E-state index in [1.165, 1.54) is 18.3 Å². The van der Waals surface area contributed by atoms with Crippen molar-refractivity contribution < 1.29 is 27.9 Å². The summed E-state index contributed by atoms with van der Waals surface area (Å²) in [5.74, 6) is -3.87. The topological polar surface area (TPSA) is 139 Å². The van der Waals surface area contributed by atoms with Crippen LogP contribution >= 0.6 is 11.6 Å². The highest BCUT2D eigenvalue weighted by molar-refractivity contribution is 7.90. The summed E-state index contributed by atoms with van der Waals surface area (Å²) in [5.41, 5.74) is 0.0786. The maximum atomic E-state index is 12.2. The Kier molecular flexibility index (Phi) is 4.43. The van der Waals surface area contributed by atoms with Crippen LogP contribution < -0.4 is 4.74 Å². The van der Waals surface area contributed by atoms with Crippen LogP contribution in [0, 0.1) is 0 Å². The zero-order chi connectivity index (χ0) is 16.3. The molecule has 0 aliphatic rings. The first-order chi connectivity index (χ1) is 10.3. The summed E-state index contributed by atoms with van der Waals surface area (Å²) in [5, 5.41) is 8.06. The second-order valence-electron chi connectivity index (χ2n) is 3.96. The number of carboxylic acid groups (broad SMARTS) is 1. The molecule has 0 saturated carbocycles. The molecule has 2 aromatic heterocycles. The molecule has 0 aliphatic carbocycles. The highest BCUT2D eigenvalue weighted by Crippen LogP contribution is 2.22. The molecule has 2 rings (SSSR count). The van der Waals surface area contributed by atoms with Crippen molar-refractivity contribution in [1.82, 2.24) is 15.0 Å². The number of ether oxygens (including phenoxy) is 1. The van der Waals surface area contributed by atoms with Gasteiger partial charge in [-0.05, 0) is 12.1 Å². The monoisotopic (exact) mass is 345 g/mol. The SMILES string of the molecule is O=C(O)C(=O)Oc1ncc(CS(=O)(=O)c2ncccc2Cl)[nH]1. The molecule has 22 heavy (non-hydrogen) atoms. The van der Waals surface area contributed by atoms with Gasteiger partial charge in [0, 0.05) is 6.20 Å². The minimum absolute atomic E-state index is 0.0282. The number of imidazole rings is 1. The molecule has 0 amide bonds. The van der Waals surface area contributed by atoms with E-state index < -0.39 is 33.5 Å². The predicted octanol–water partition coefficient (Wildman–Crippen LogP) is 0.422. The number of hydrogen-bond acceptors (Lipinski definition) is 7. The van der Waals surface area contributed by atoms with Crippen LogP contribution in [0.15, 0.2) is 29.6 Å². The van der Waals surface area contributed by atoms with Gasteiger partial charge >= 0.3 is 17.9 Å². The lowest BCUT2D eigenvalue weighted by molar-refractivity contribution is -0.158. The molecule has 116 valence electrons. The number of aromatic nitrogens is 3. The third kappa shape index (κ3) is 3.59. The van der Waals surface area contributed by atoms with Crippen LogP contribution in [0.5, 0.6) is 6.01 Å². The van der Waals surface area contributed by atoms with E-state index in [0.29, 0.717) is 0 Å². The van der Waals surface area contributed by atoms with E-state index in [2.05, 4.69) is 19.7 Å². The summed E-state index contributed by atoms with van der Waals surface area (Å²) >= 11 is 5.78. The average Bonchev–Trinajstić information content (AvgIpc) is 2.85. The number of halogens is 1. The Labute approximate surface area is 128 Å². The normalized spacial score (nSPS) is 11.1. The first-order valence-electron chi connectivity index (χ1n) is 5.62. The summed E-state index contributed by atoms with van der Waals surface area (Å²) < 4.78 is 28.7. The molecule has 0 bridgehead atoms. The quantitative estimate of drug-likeness (QED) is 0.600. The number of nitrogens with zero attached hydrogens (tertiary/aromatic N) is 2. The Morgan fingerprint density at radius 1 is 1.36 bits per heavy atom. The van der Waals surface area contributed by atoms with Gasteiger partial charge in [-0.25, -0.2) is 28.0 Å². The van der Waals surface area contributed by atoms with E-state index >= 15 is 0 Å². The number of nitrogens with one attached hydrogen (secondary N) is 1. The summed E-state index contributed by atoms with van der Waals surface area (Å²) in [4.78, 5) is 30.8. The van der Waals surface area contributed by atoms with Gasteiger partial charge in [0.1, 0.15) is 0 Å². The largest absolute Gasteiger partial charge is 0.473 e. The van der Waals surface area contributed by atoms with E-state index in [-0.39, 0.29) is 15.7 Å². The van der Waals surface area contributed by atoms with Crippen LogP contribution in [0.1, 0.15) is 5.69 Å². The molecular weight excluding hydrogens is 338 g/mol. The van der Waals surface area contributed by atoms with Gasteiger partial charge in [-0.2, -0.15) is 0 Å². The van der Waals surface area contributed by atoms with E-state index in [9.17, 15) is 18.0 Å². The molecule has 2 heterocycles. The van der Waals surface area contributed by atoms with Gasteiger partial charge in [-0.15, -0.1) is 0 Å². The van der Waals surface area contributed by atoms with E-state index in [4.69, 9.17) is 16.7 Å². The van der Waals surface area contributed by atoms with Crippen molar-refractivity contribution in [3.8, 4) is 6.01 Å². The number of carbonyl (C=O) groups is 2. The van der Waals surface area contributed by atoms with Gasteiger partial charge < -0.3 is 14.8 Å². The maximum Gasteiger partial charge on any atom is 0.425 e. The number of rotatable bonds is 4. The fraction of sp³-hybridized carbons (Fsp3) is 0.0909. The Bertz CT molecular complexity index is 832. The van der Waals surface area contributed by atoms with Crippen molar-refractivity contribution in [2.75, 3.05) is 0 Å². The average molecular weight is 346 g/mol. The molecule has 11 heteroatoms. The van der Waals surface area contributed by atoms with Gasteiger partial charge in [-0.1, -0.05) is 11.6 Å². The first-order valence-corrected chi connectivity index (χ1v) is 7.65. The van der Waals surface area contributed by atoms with Gasteiger partial charge in [0.25, 0.3) is 0 Å². The van der Waals surface area contributed by atoms with Crippen LogP contribution in [-0.2, 0) is 25.2 Å². The number of H-pyrrole nitrogens is 1. The second kappa shape index (κ2) is 6.12.